The predicted octanol–water partition coefficient (Wildman–Crippen LogP) is 2.47. The van der Waals surface area contributed by atoms with E-state index >= 15 is 0 Å². The van der Waals surface area contributed by atoms with Gasteiger partial charge in [-0.3, -0.25) is 0 Å². The first-order valence-electron chi connectivity index (χ1n) is 5.24. The second-order valence-corrected chi connectivity index (χ2v) is 5.41. The topological polar surface area (TPSA) is 46.2 Å². The molecule has 1 aromatic rings. The Bertz CT molecular complexity index is 347. The van der Waals surface area contributed by atoms with Crippen molar-refractivity contribution in [2.24, 2.45) is 17.1 Å². The van der Waals surface area contributed by atoms with E-state index in [4.69, 9.17) is 5.73 Å². The number of aliphatic hydroxyl groups excluding tert-OH is 1. The zero-order chi connectivity index (χ0) is 11.1. The molecule has 0 saturated heterocycles. The van der Waals surface area contributed by atoms with E-state index in [0.717, 1.165) is 16.5 Å². The molecule has 2 rings (SSSR count). The molecule has 1 aromatic carbocycles. The van der Waals surface area contributed by atoms with E-state index in [1.54, 1.807) is 0 Å². The van der Waals surface area contributed by atoms with E-state index in [-0.39, 0.29) is 5.41 Å². The molecule has 82 valence electrons. The predicted molar refractivity (Wildman–Crippen MR) is 64.4 cm³/mol. The highest BCUT2D eigenvalue weighted by molar-refractivity contribution is 9.10. The molecule has 0 amide bonds. The van der Waals surface area contributed by atoms with Gasteiger partial charge in [-0.25, -0.2) is 0 Å². The van der Waals surface area contributed by atoms with E-state index < -0.39 is 6.10 Å². The van der Waals surface area contributed by atoms with Crippen molar-refractivity contribution in [2.45, 2.75) is 19.4 Å². The summed E-state index contributed by atoms with van der Waals surface area (Å²) in [7, 11) is 0. The first kappa shape index (κ1) is 11.1. The smallest absolute Gasteiger partial charge is 0.0860 e. The van der Waals surface area contributed by atoms with E-state index in [9.17, 15) is 5.11 Å². The lowest BCUT2D eigenvalue weighted by Gasteiger charge is -2.22. The van der Waals surface area contributed by atoms with E-state index in [1.165, 1.54) is 0 Å². The van der Waals surface area contributed by atoms with Gasteiger partial charge in [-0.15, -0.1) is 0 Å². The molecule has 1 aliphatic rings. The number of hydrogen-bond acceptors (Lipinski definition) is 2. The maximum Gasteiger partial charge on any atom is 0.0860 e. The van der Waals surface area contributed by atoms with Gasteiger partial charge in [0.05, 0.1) is 6.10 Å². The van der Waals surface area contributed by atoms with Gasteiger partial charge in [-0.2, -0.15) is 0 Å². The van der Waals surface area contributed by atoms with Gasteiger partial charge in [-0.1, -0.05) is 35.0 Å². The third-order valence-corrected chi connectivity index (χ3v) is 4.15. The number of halogens is 1. The largest absolute Gasteiger partial charge is 0.388 e. The number of hydrogen-bond donors (Lipinski definition) is 2. The van der Waals surface area contributed by atoms with Gasteiger partial charge < -0.3 is 10.8 Å². The van der Waals surface area contributed by atoms with E-state index in [0.29, 0.717) is 12.5 Å². The van der Waals surface area contributed by atoms with Crippen molar-refractivity contribution in [1.29, 1.82) is 0 Å². The van der Waals surface area contributed by atoms with Gasteiger partial charge >= 0.3 is 0 Å². The lowest BCUT2D eigenvalue weighted by atomic mass is 9.91. The molecule has 3 N–H and O–H groups in total. The summed E-state index contributed by atoms with van der Waals surface area (Å²) in [5.74, 6) is 0.529. The lowest BCUT2D eigenvalue weighted by Crippen LogP contribution is -2.25. The van der Waals surface area contributed by atoms with Crippen LogP contribution < -0.4 is 5.73 Å². The Kier molecular flexibility index (Phi) is 2.88. The van der Waals surface area contributed by atoms with Gasteiger partial charge in [-0.05, 0) is 30.0 Å². The van der Waals surface area contributed by atoms with Crippen LogP contribution in [-0.4, -0.2) is 11.7 Å². The molecule has 1 saturated carbocycles. The number of aliphatic hydroxyl groups is 1. The van der Waals surface area contributed by atoms with Crippen molar-refractivity contribution in [2.75, 3.05) is 6.54 Å². The average molecular weight is 270 g/mol. The van der Waals surface area contributed by atoms with Gasteiger partial charge in [0.1, 0.15) is 0 Å². The minimum atomic E-state index is -0.425. The lowest BCUT2D eigenvalue weighted by molar-refractivity contribution is 0.0889. The molecule has 0 aromatic heterocycles. The normalized spacial score (nSPS) is 31.3. The molecular formula is C12H16BrNO. The van der Waals surface area contributed by atoms with Gasteiger partial charge in [0.25, 0.3) is 0 Å². The van der Waals surface area contributed by atoms with E-state index in [2.05, 4.69) is 22.9 Å². The Morgan fingerprint density at radius 3 is 2.47 bits per heavy atom. The average Bonchev–Trinajstić information content (AvgIpc) is 2.91. The zero-order valence-corrected chi connectivity index (χ0v) is 10.4. The first-order chi connectivity index (χ1) is 7.10. The minimum Gasteiger partial charge on any atom is -0.388 e. The van der Waals surface area contributed by atoms with Gasteiger partial charge in [0.15, 0.2) is 0 Å². The second kappa shape index (κ2) is 3.89. The van der Waals surface area contributed by atoms with Crippen LogP contribution in [-0.2, 0) is 0 Å². The van der Waals surface area contributed by atoms with Crippen LogP contribution in [0.15, 0.2) is 28.7 Å². The number of nitrogens with two attached hydrogens (primary N) is 1. The van der Waals surface area contributed by atoms with Crippen LogP contribution >= 0.6 is 15.9 Å². The Morgan fingerprint density at radius 1 is 1.53 bits per heavy atom. The highest BCUT2D eigenvalue weighted by Crippen LogP contribution is 2.59. The van der Waals surface area contributed by atoms with Crippen molar-refractivity contribution in [3.63, 3.8) is 0 Å². The quantitative estimate of drug-likeness (QED) is 0.886. The second-order valence-electron chi connectivity index (χ2n) is 4.50. The molecule has 1 fully saturated rings. The molecule has 2 nitrogen and oxygen atoms in total. The third kappa shape index (κ3) is 1.84. The highest BCUT2D eigenvalue weighted by Gasteiger charge is 2.55. The summed E-state index contributed by atoms with van der Waals surface area (Å²) in [4.78, 5) is 0. The molecule has 0 aliphatic heterocycles. The van der Waals surface area contributed by atoms with Gasteiger partial charge in [0, 0.05) is 16.4 Å². The Labute approximate surface area is 98.6 Å². The fourth-order valence-corrected chi connectivity index (χ4v) is 2.53. The molecule has 1 aliphatic carbocycles. The van der Waals surface area contributed by atoms with Crippen LogP contribution in [0, 0.1) is 11.3 Å². The maximum absolute atomic E-state index is 10.3. The highest BCUT2D eigenvalue weighted by atomic mass is 79.9. The molecule has 0 spiro atoms. The molecule has 0 bridgehead atoms. The van der Waals surface area contributed by atoms with Crippen LogP contribution in [0.4, 0.5) is 0 Å². The van der Waals surface area contributed by atoms with Crippen LogP contribution in [0.5, 0.6) is 0 Å². The van der Waals surface area contributed by atoms with Gasteiger partial charge in [0.2, 0.25) is 0 Å². The number of rotatable bonds is 3. The van der Waals surface area contributed by atoms with Crippen LogP contribution in [0.3, 0.4) is 0 Å². The summed E-state index contributed by atoms with van der Waals surface area (Å²) < 4.78 is 1.03. The molecule has 3 atom stereocenters. The molecule has 0 radical (unpaired) electrons. The Balaban J connectivity index is 2.21. The Morgan fingerprint density at radius 2 is 2.07 bits per heavy atom. The standard InChI is InChI=1S/C12H16BrNO/c1-8-6-12(8,7-14)11(15)9-2-4-10(13)5-3-9/h2-5,8,11,15H,6-7,14H2,1H3/t8-,11-,12-/m0/s1. The first-order valence-corrected chi connectivity index (χ1v) is 6.03. The summed E-state index contributed by atoms with van der Waals surface area (Å²) in [5, 5.41) is 10.3. The fraction of sp³-hybridized carbons (Fsp3) is 0.500. The summed E-state index contributed by atoms with van der Waals surface area (Å²) in [6, 6.07) is 7.82. The van der Waals surface area contributed by atoms with Crippen molar-refractivity contribution in [3.05, 3.63) is 34.3 Å². The van der Waals surface area contributed by atoms with Crippen LogP contribution in [0.2, 0.25) is 0 Å². The molecule has 0 heterocycles. The maximum atomic E-state index is 10.3. The van der Waals surface area contributed by atoms with E-state index in [1.807, 2.05) is 24.3 Å². The number of benzene rings is 1. The molecular weight excluding hydrogens is 254 g/mol. The van der Waals surface area contributed by atoms with Crippen molar-refractivity contribution < 1.29 is 5.11 Å². The summed E-state index contributed by atoms with van der Waals surface area (Å²) in [6.07, 6.45) is 0.603. The third-order valence-electron chi connectivity index (χ3n) is 3.62. The van der Waals surface area contributed by atoms with Crippen molar-refractivity contribution in [3.8, 4) is 0 Å². The monoisotopic (exact) mass is 269 g/mol. The van der Waals surface area contributed by atoms with Crippen molar-refractivity contribution in [1.82, 2.24) is 0 Å². The summed E-state index contributed by atoms with van der Waals surface area (Å²) in [6.45, 7) is 2.71. The van der Waals surface area contributed by atoms with Crippen molar-refractivity contribution >= 4 is 15.9 Å². The minimum absolute atomic E-state index is 0.0756. The zero-order valence-electron chi connectivity index (χ0n) is 8.78. The fourth-order valence-electron chi connectivity index (χ4n) is 2.27. The Hall–Kier alpha value is -0.380. The summed E-state index contributed by atoms with van der Waals surface area (Å²) >= 11 is 3.38. The molecule has 0 unspecified atom stereocenters. The molecule has 15 heavy (non-hydrogen) atoms. The summed E-state index contributed by atoms with van der Waals surface area (Å²) in [5.41, 5.74) is 6.65. The van der Waals surface area contributed by atoms with Crippen LogP contribution in [0.1, 0.15) is 25.0 Å². The van der Waals surface area contributed by atoms with Crippen LogP contribution in [0.25, 0.3) is 0 Å². The SMILES string of the molecule is C[C@H]1C[C@@]1(CN)[C@@H](O)c1ccc(Br)cc1. The molecule has 3 heteroatoms.